The molecule has 0 radical (unpaired) electrons. The molecule has 3 aromatic rings. The van der Waals surface area contributed by atoms with E-state index < -0.39 is 0 Å². The zero-order valence-corrected chi connectivity index (χ0v) is 17.9. The lowest BCUT2D eigenvalue weighted by molar-refractivity contribution is -0.120. The second-order valence-corrected chi connectivity index (χ2v) is 8.29. The summed E-state index contributed by atoms with van der Waals surface area (Å²) in [4.78, 5) is 24.1. The highest BCUT2D eigenvalue weighted by molar-refractivity contribution is 5.93. The molecule has 0 bridgehead atoms. The number of carbonyl (C=O) groups is 1. The average Bonchev–Trinajstić information content (AvgIpc) is 2.74. The Kier molecular flexibility index (Phi) is 5.79. The zero-order valence-electron chi connectivity index (χ0n) is 17.9. The minimum Gasteiger partial charge on any atom is -0.340 e. The third-order valence-electron chi connectivity index (χ3n) is 5.59. The summed E-state index contributed by atoms with van der Waals surface area (Å²) in [6.07, 6.45) is 5.57. The normalized spacial score (nSPS) is 16.4. The Morgan fingerprint density at radius 1 is 0.933 bits per heavy atom. The molecule has 1 saturated heterocycles. The van der Waals surface area contributed by atoms with Gasteiger partial charge in [0.15, 0.2) is 0 Å². The van der Waals surface area contributed by atoms with Crippen LogP contribution in [0.25, 0.3) is 11.1 Å². The molecule has 1 atom stereocenters. The van der Waals surface area contributed by atoms with Gasteiger partial charge >= 0.3 is 0 Å². The maximum absolute atomic E-state index is 12.9. The number of rotatable bonds is 4. The van der Waals surface area contributed by atoms with Gasteiger partial charge in [-0.1, -0.05) is 35.9 Å². The molecule has 4 rings (SSSR count). The third-order valence-corrected chi connectivity index (χ3v) is 5.59. The molecule has 0 aliphatic carbocycles. The van der Waals surface area contributed by atoms with E-state index in [1.807, 2.05) is 38.4 Å². The number of aryl methyl sites for hydroxylation is 3. The van der Waals surface area contributed by atoms with Gasteiger partial charge < -0.3 is 10.2 Å². The molecule has 0 spiro atoms. The van der Waals surface area contributed by atoms with Crippen molar-refractivity contribution in [1.29, 1.82) is 0 Å². The summed E-state index contributed by atoms with van der Waals surface area (Å²) in [7, 11) is 0. The number of anilines is 2. The quantitative estimate of drug-likeness (QED) is 0.675. The molecule has 5 nitrogen and oxygen atoms in total. The summed E-state index contributed by atoms with van der Waals surface area (Å²) in [6.45, 7) is 7.68. The zero-order chi connectivity index (χ0) is 21.1. The number of hydrogen-bond donors (Lipinski definition) is 1. The van der Waals surface area contributed by atoms with Crippen LogP contribution in [0.5, 0.6) is 0 Å². The predicted molar refractivity (Wildman–Crippen MR) is 122 cm³/mol. The Morgan fingerprint density at radius 3 is 2.27 bits per heavy atom. The first-order valence-corrected chi connectivity index (χ1v) is 10.5. The highest BCUT2D eigenvalue weighted by Crippen LogP contribution is 2.24. The number of aromatic nitrogens is 2. The van der Waals surface area contributed by atoms with Crippen LogP contribution in [-0.2, 0) is 4.79 Å². The fourth-order valence-corrected chi connectivity index (χ4v) is 4.04. The molecule has 30 heavy (non-hydrogen) atoms. The monoisotopic (exact) mass is 400 g/mol. The summed E-state index contributed by atoms with van der Waals surface area (Å²) >= 11 is 0. The molecule has 1 N–H and O–H groups in total. The molecule has 1 fully saturated rings. The Labute approximate surface area is 178 Å². The largest absolute Gasteiger partial charge is 0.340 e. The molecule has 1 aliphatic rings. The van der Waals surface area contributed by atoms with Gasteiger partial charge in [-0.15, -0.1) is 0 Å². The first-order chi connectivity index (χ1) is 14.5. The van der Waals surface area contributed by atoms with E-state index in [0.717, 1.165) is 47.3 Å². The summed E-state index contributed by atoms with van der Waals surface area (Å²) in [6, 6.07) is 14.5. The minimum absolute atomic E-state index is 0.0695. The molecule has 1 amide bonds. The van der Waals surface area contributed by atoms with E-state index in [4.69, 9.17) is 0 Å². The van der Waals surface area contributed by atoms with Crippen LogP contribution in [-0.4, -0.2) is 29.0 Å². The van der Waals surface area contributed by atoms with Crippen molar-refractivity contribution in [2.75, 3.05) is 23.3 Å². The molecule has 5 heteroatoms. The molecular weight excluding hydrogens is 372 g/mol. The number of nitrogens with zero attached hydrogens (tertiary/aromatic N) is 3. The number of carbonyl (C=O) groups excluding carboxylic acids is 1. The smallest absolute Gasteiger partial charge is 0.229 e. The number of hydrogen-bond acceptors (Lipinski definition) is 4. The average molecular weight is 401 g/mol. The molecule has 2 aromatic carbocycles. The summed E-state index contributed by atoms with van der Waals surface area (Å²) in [5, 5.41) is 3.09. The van der Waals surface area contributed by atoms with E-state index in [-0.39, 0.29) is 11.8 Å². The van der Waals surface area contributed by atoms with Gasteiger partial charge in [-0.3, -0.25) is 4.79 Å². The SMILES string of the molecule is Cc1ccc(-c2cnc(N3CCC[C@H](C(=O)Nc4cc(C)cc(C)c4)C3)nc2)cc1. The van der Waals surface area contributed by atoms with Crippen molar-refractivity contribution in [1.82, 2.24) is 9.97 Å². The van der Waals surface area contributed by atoms with E-state index in [9.17, 15) is 4.79 Å². The van der Waals surface area contributed by atoms with Crippen LogP contribution >= 0.6 is 0 Å². The van der Waals surface area contributed by atoms with Crippen molar-refractivity contribution in [2.24, 2.45) is 5.92 Å². The van der Waals surface area contributed by atoms with Gasteiger partial charge in [-0.25, -0.2) is 9.97 Å². The van der Waals surface area contributed by atoms with Crippen LogP contribution in [0.1, 0.15) is 29.5 Å². The summed E-state index contributed by atoms with van der Waals surface area (Å²) in [5.41, 5.74) is 6.51. The molecular formula is C25H28N4O. The lowest BCUT2D eigenvalue weighted by Gasteiger charge is -2.32. The van der Waals surface area contributed by atoms with Gasteiger partial charge in [0.05, 0.1) is 5.92 Å². The Morgan fingerprint density at radius 2 is 1.60 bits per heavy atom. The van der Waals surface area contributed by atoms with Crippen molar-refractivity contribution in [3.8, 4) is 11.1 Å². The molecule has 0 saturated carbocycles. The van der Waals surface area contributed by atoms with Crippen molar-refractivity contribution in [3.63, 3.8) is 0 Å². The second-order valence-electron chi connectivity index (χ2n) is 8.29. The number of amides is 1. The Bertz CT molecular complexity index is 1010. The molecule has 0 unspecified atom stereocenters. The maximum atomic E-state index is 12.9. The minimum atomic E-state index is -0.0695. The molecule has 1 aliphatic heterocycles. The van der Waals surface area contributed by atoms with Gasteiger partial charge in [0.2, 0.25) is 11.9 Å². The third kappa shape index (κ3) is 4.67. The van der Waals surface area contributed by atoms with Gasteiger partial charge in [0.25, 0.3) is 0 Å². The van der Waals surface area contributed by atoms with Gasteiger partial charge in [-0.2, -0.15) is 0 Å². The van der Waals surface area contributed by atoms with Crippen molar-refractivity contribution in [3.05, 3.63) is 71.5 Å². The van der Waals surface area contributed by atoms with Crippen LogP contribution in [0, 0.1) is 26.7 Å². The fourth-order valence-electron chi connectivity index (χ4n) is 4.04. The standard InChI is InChI=1S/C25H28N4O/c1-17-6-8-20(9-7-17)22-14-26-25(27-15-22)29-10-4-5-21(16-29)24(30)28-23-12-18(2)11-19(3)13-23/h6-9,11-15,21H,4-5,10,16H2,1-3H3,(H,28,30)/t21-/m0/s1. The van der Waals surface area contributed by atoms with Crippen LogP contribution in [0.4, 0.5) is 11.6 Å². The van der Waals surface area contributed by atoms with Gasteiger partial charge in [0, 0.05) is 36.7 Å². The van der Waals surface area contributed by atoms with Gasteiger partial charge in [0.1, 0.15) is 0 Å². The highest BCUT2D eigenvalue weighted by atomic mass is 16.1. The van der Waals surface area contributed by atoms with Crippen LogP contribution in [0.2, 0.25) is 0 Å². The number of piperidine rings is 1. The lowest BCUT2D eigenvalue weighted by Crippen LogP contribution is -2.41. The van der Waals surface area contributed by atoms with Crippen LogP contribution < -0.4 is 10.2 Å². The first kappa shape index (κ1) is 20.1. The number of nitrogens with one attached hydrogen (secondary N) is 1. The second kappa shape index (κ2) is 8.66. The topological polar surface area (TPSA) is 58.1 Å². The first-order valence-electron chi connectivity index (χ1n) is 10.5. The van der Waals surface area contributed by atoms with E-state index >= 15 is 0 Å². The highest BCUT2D eigenvalue weighted by Gasteiger charge is 2.27. The summed E-state index contributed by atoms with van der Waals surface area (Å²) < 4.78 is 0. The molecule has 154 valence electrons. The van der Waals surface area contributed by atoms with Crippen LogP contribution in [0.15, 0.2) is 54.9 Å². The van der Waals surface area contributed by atoms with Gasteiger partial charge in [-0.05, 0) is 62.4 Å². The predicted octanol–water partition coefficient (Wildman–Crippen LogP) is 4.92. The van der Waals surface area contributed by atoms with E-state index in [2.05, 4.69) is 57.4 Å². The van der Waals surface area contributed by atoms with Crippen LogP contribution in [0.3, 0.4) is 0 Å². The maximum Gasteiger partial charge on any atom is 0.229 e. The molecule has 2 heterocycles. The Hall–Kier alpha value is -3.21. The number of benzene rings is 2. The molecule has 1 aromatic heterocycles. The van der Waals surface area contributed by atoms with E-state index in [1.54, 1.807) is 0 Å². The van der Waals surface area contributed by atoms with E-state index in [1.165, 1.54) is 5.56 Å². The van der Waals surface area contributed by atoms with Crippen molar-refractivity contribution in [2.45, 2.75) is 33.6 Å². The van der Waals surface area contributed by atoms with E-state index in [0.29, 0.717) is 12.5 Å². The fraction of sp³-hybridized carbons (Fsp3) is 0.320. The Balaban J connectivity index is 1.43. The lowest BCUT2D eigenvalue weighted by atomic mass is 9.97. The summed E-state index contributed by atoms with van der Waals surface area (Å²) in [5.74, 6) is 0.690. The van der Waals surface area contributed by atoms with Crippen molar-refractivity contribution >= 4 is 17.5 Å². The van der Waals surface area contributed by atoms with Crippen molar-refractivity contribution < 1.29 is 4.79 Å².